The van der Waals surface area contributed by atoms with Crippen LogP contribution < -0.4 is 10.2 Å². The fourth-order valence-corrected chi connectivity index (χ4v) is 3.17. The Hall–Kier alpha value is -4.47. The van der Waals surface area contributed by atoms with Gasteiger partial charge in [-0.1, -0.05) is 30.3 Å². The summed E-state index contributed by atoms with van der Waals surface area (Å²) >= 11 is 0. The number of methoxy groups -OCH3 is 1. The number of rotatable bonds is 6. The van der Waals surface area contributed by atoms with E-state index >= 15 is 0 Å². The molecule has 10 heteroatoms. The van der Waals surface area contributed by atoms with Gasteiger partial charge in [0.1, 0.15) is 12.2 Å². The van der Waals surface area contributed by atoms with Gasteiger partial charge in [0.15, 0.2) is 0 Å². The van der Waals surface area contributed by atoms with Gasteiger partial charge >= 0.3 is 18.0 Å². The summed E-state index contributed by atoms with van der Waals surface area (Å²) in [6, 6.07) is 11.1. The van der Waals surface area contributed by atoms with Crippen LogP contribution in [0.15, 0.2) is 54.6 Å². The van der Waals surface area contributed by atoms with Crippen LogP contribution >= 0.6 is 0 Å². The van der Waals surface area contributed by atoms with E-state index in [1.807, 2.05) is 0 Å². The average molecular weight is 480 g/mol. The van der Waals surface area contributed by atoms with Gasteiger partial charge in [-0.05, 0) is 38.5 Å². The Morgan fingerprint density at radius 2 is 1.54 bits per heavy atom. The normalized spacial score (nSPS) is 13.0. The summed E-state index contributed by atoms with van der Waals surface area (Å²) in [4.78, 5) is 63.4. The Balaban J connectivity index is 2.07. The van der Waals surface area contributed by atoms with Gasteiger partial charge in [0.25, 0.3) is 11.8 Å². The zero-order valence-corrected chi connectivity index (χ0v) is 19.6. The van der Waals surface area contributed by atoms with Crippen LogP contribution in [0.25, 0.3) is 0 Å². The first-order valence-electron chi connectivity index (χ1n) is 10.5. The molecule has 10 nitrogen and oxygen atoms in total. The molecular weight excluding hydrogens is 456 g/mol. The molecule has 2 aromatic rings. The van der Waals surface area contributed by atoms with Gasteiger partial charge in [-0.2, -0.15) is 0 Å². The van der Waals surface area contributed by atoms with Crippen molar-refractivity contribution in [2.45, 2.75) is 33.0 Å². The van der Waals surface area contributed by atoms with E-state index in [2.05, 4.69) is 5.32 Å². The molecular formula is C25H24N2O8. The van der Waals surface area contributed by atoms with Crippen LogP contribution in [0, 0.1) is 0 Å². The number of nitrogens with one attached hydrogen (secondary N) is 1. The minimum Gasteiger partial charge on any atom is -0.465 e. The summed E-state index contributed by atoms with van der Waals surface area (Å²) in [6.07, 6.45) is 1.17. The third kappa shape index (κ3) is 6.11. The molecule has 0 atom stereocenters. The molecule has 0 unspecified atom stereocenters. The largest absolute Gasteiger partial charge is 0.465 e. The molecule has 0 radical (unpaired) electrons. The highest BCUT2D eigenvalue weighted by molar-refractivity contribution is 6.29. The number of benzene rings is 2. The van der Waals surface area contributed by atoms with Gasteiger partial charge < -0.3 is 14.2 Å². The molecule has 2 aromatic carbocycles. The van der Waals surface area contributed by atoms with Crippen molar-refractivity contribution in [3.8, 4) is 0 Å². The van der Waals surface area contributed by atoms with Gasteiger partial charge in [-0.15, -0.1) is 0 Å². The van der Waals surface area contributed by atoms with Crippen LogP contribution in [0.4, 0.5) is 16.2 Å². The molecule has 0 aliphatic carbocycles. The standard InChI is InChI=1S/C25H24N2O8/c1-25(2,3)35-24(32)26-18-12-17(23(31)34-14-15-8-6-5-7-9-15)19(13-16(18)22(30)33-4)27-20(28)10-11-21(27)29/h5-13H,14H2,1-4H3,(H,26,32). The average Bonchev–Trinajstić information content (AvgIpc) is 3.13. The lowest BCUT2D eigenvalue weighted by atomic mass is 10.0. The number of ether oxygens (including phenoxy) is 3. The van der Waals surface area contributed by atoms with Gasteiger partial charge in [-0.3, -0.25) is 14.9 Å². The highest BCUT2D eigenvalue weighted by Gasteiger charge is 2.32. The van der Waals surface area contributed by atoms with Crippen LogP contribution in [0.3, 0.4) is 0 Å². The molecule has 0 bridgehead atoms. The Kier molecular flexibility index (Phi) is 7.34. The summed E-state index contributed by atoms with van der Waals surface area (Å²) in [5, 5.41) is 2.42. The number of anilines is 2. The number of amides is 3. The fourth-order valence-electron chi connectivity index (χ4n) is 3.17. The lowest BCUT2D eigenvalue weighted by Crippen LogP contribution is -2.32. The first-order chi connectivity index (χ1) is 16.5. The van der Waals surface area contributed by atoms with Crippen LogP contribution in [-0.2, 0) is 30.4 Å². The molecule has 182 valence electrons. The monoisotopic (exact) mass is 480 g/mol. The molecule has 0 saturated carbocycles. The SMILES string of the molecule is COC(=O)c1cc(N2C(=O)C=CC2=O)c(C(=O)OCc2ccccc2)cc1NC(=O)OC(C)(C)C. The van der Waals surface area contributed by atoms with E-state index in [1.165, 1.54) is 0 Å². The molecule has 0 aromatic heterocycles. The van der Waals surface area contributed by atoms with Crippen LogP contribution in [0.1, 0.15) is 47.1 Å². The second kappa shape index (κ2) is 10.2. The maximum Gasteiger partial charge on any atom is 0.412 e. The second-order valence-electron chi connectivity index (χ2n) is 8.44. The molecule has 1 N–H and O–H groups in total. The highest BCUT2D eigenvalue weighted by atomic mass is 16.6. The van der Waals surface area contributed by atoms with Crippen LogP contribution in [-0.4, -0.2) is 42.6 Å². The molecule has 35 heavy (non-hydrogen) atoms. The lowest BCUT2D eigenvalue weighted by Gasteiger charge is -2.22. The predicted octanol–water partition coefficient (Wildman–Crippen LogP) is 3.61. The van der Waals surface area contributed by atoms with Crippen LogP contribution in [0.2, 0.25) is 0 Å². The van der Waals surface area contributed by atoms with Crippen molar-refractivity contribution in [3.05, 3.63) is 71.3 Å². The zero-order valence-electron chi connectivity index (χ0n) is 19.6. The van der Waals surface area contributed by atoms with Gasteiger partial charge in [0.05, 0.1) is 29.6 Å². The van der Waals surface area contributed by atoms with E-state index in [-0.39, 0.29) is 29.1 Å². The van der Waals surface area contributed by atoms with Crippen molar-refractivity contribution in [1.29, 1.82) is 0 Å². The number of carbonyl (C=O) groups is 5. The van der Waals surface area contributed by atoms with Crippen molar-refractivity contribution < 1.29 is 38.2 Å². The molecule has 3 amide bonds. The van der Waals surface area contributed by atoms with E-state index in [0.29, 0.717) is 5.56 Å². The summed E-state index contributed by atoms with van der Waals surface area (Å²) in [5.74, 6) is -3.19. The van der Waals surface area contributed by atoms with Crippen molar-refractivity contribution >= 4 is 41.2 Å². The van der Waals surface area contributed by atoms with E-state index in [0.717, 1.165) is 36.3 Å². The number of hydrogen-bond donors (Lipinski definition) is 1. The second-order valence-corrected chi connectivity index (χ2v) is 8.44. The van der Waals surface area contributed by atoms with E-state index in [1.54, 1.807) is 51.1 Å². The predicted molar refractivity (Wildman–Crippen MR) is 125 cm³/mol. The summed E-state index contributed by atoms with van der Waals surface area (Å²) in [5.41, 5.74) is -0.902. The maximum atomic E-state index is 13.1. The first-order valence-corrected chi connectivity index (χ1v) is 10.5. The summed E-state index contributed by atoms with van der Waals surface area (Å²) in [6.45, 7) is 4.87. The molecule has 0 fully saturated rings. The Morgan fingerprint density at radius 1 is 0.914 bits per heavy atom. The topological polar surface area (TPSA) is 128 Å². The van der Waals surface area contributed by atoms with E-state index < -0.39 is 35.4 Å². The summed E-state index contributed by atoms with van der Waals surface area (Å²) < 4.78 is 15.4. The number of esters is 2. The Morgan fingerprint density at radius 3 is 2.11 bits per heavy atom. The lowest BCUT2D eigenvalue weighted by molar-refractivity contribution is -0.120. The van der Waals surface area contributed by atoms with Gasteiger partial charge in [-0.25, -0.2) is 19.3 Å². The van der Waals surface area contributed by atoms with Crippen molar-refractivity contribution in [1.82, 2.24) is 0 Å². The van der Waals surface area contributed by atoms with E-state index in [4.69, 9.17) is 14.2 Å². The quantitative estimate of drug-likeness (QED) is 0.377. The number of carbonyl (C=O) groups excluding carboxylic acids is 5. The smallest absolute Gasteiger partial charge is 0.412 e. The summed E-state index contributed by atoms with van der Waals surface area (Å²) in [7, 11) is 1.12. The minimum atomic E-state index is -0.894. The molecule has 3 rings (SSSR count). The maximum absolute atomic E-state index is 13.1. The molecule has 0 spiro atoms. The number of imide groups is 1. The number of nitrogens with zero attached hydrogens (tertiary/aromatic N) is 1. The molecule has 1 aliphatic heterocycles. The third-order valence-corrected chi connectivity index (χ3v) is 4.66. The zero-order chi connectivity index (χ0) is 25.8. The van der Waals surface area contributed by atoms with Crippen molar-refractivity contribution in [2.75, 3.05) is 17.3 Å². The first kappa shape index (κ1) is 25.2. The van der Waals surface area contributed by atoms with Crippen molar-refractivity contribution in [3.63, 3.8) is 0 Å². The minimum absolute atomic E-state index is 0.0904. The Labute approximate surface area is 201 Å². The van der Waals surface area contributed by atoms with Crippen molar-refractivity contribution in [2.24, 2.45) is 0 Å². The van der Waals surface area contributed by atoms with Gasteiger partial charge in [0.2, 0.25) is 0 Å². The molecule has 1 heterocycles. The Bertz CT molecular complexity index is 1190. The van der Waals surface area contributed by atoms with Crippen LogP contribution in [0.5, 0.6) is 0 Å². The highest BCUT2D eigenvalue weighted by Crippen LogP contribution is 2.32. The third-order valence-electron chi connectivity index (χ3n) is 4.66. The number of hydrogen-bond acceptors (Lipinski definition) is 8. The van der Waals surface area contributed by atoms with E-state index in [9.17, 15) is 24.0 Å². The molecule has 1 aliphatic rings. The van der Waals surface area contributed by atoms with Gasteiger partial charge in [0, 0.05) is 12.2 Å². The molecule has 0 saturated heterocycles. The fraction of sp³-hybridized carbons (Fsp3) is 0.240.